The van der Waals surface area contributed by atoms with Gasteiger partial charge in [0.15, 0.2) is 0 Å². The molecule has 0 saturated carbocycles. The van der Waals surface area contributed by atoms with Gasteiger partial charge in [0, 0.05) is 37.9 Å². The highest BCUT2D eigenvalue weighted by Crippen LogP contribution is 2.29. The number of nitrogens with zero attached hydrogens (tertiary/aromatic N) is 2. The zero-order valence-electron chi connectivity index (χ0n) is 17.4. The number of rotatable bonds is 8. The quantitative estimate of drug-likeness (QED) is 0.680. The van der Waals surface area contributed by atoms with Gasteiger partial charge in [-0.3, -0.25) is 9.69 Å². The van der Waals surface area contributed by atoms with Crippen LogP contribution >= 0.6 is 12.4 Å². The fraction of sp³-hybridized carbons (Fsp3) is 0.409. The lowest BCUT2D eigenvalue weighted by atomic mass is 10.2. The molecule has 1 fully saturated rings. The van der Waals surface area contributed by atoms with Gasteiger partial charge < -0.3 is 19.7 Å². The first-order valence-corrected chi connectivity index (χ1v) is 10.0. The molecule has 1 saturated heterocycles. The van der Waals surface area contributed by atoms with Gasteiger partial charge in [-0.05, 0) is 50.2 Å². The molecule has 0 spiro atoms. The monoisotopic (exact) mass is 437 g/mol. The van der Waals surface area contributed by atoms with Crippen LogP contribution in [-0.4, -0.2) is 56.7 Å². The molecule has 1 heterocycles. The molecule has 0 unspecified atom stereocenters. The lowest BCUT2D eigenvalue weighted by Crippen LogP contribution is -2.48. The van der Waals surface area contributed by atoms with Crippen molar-refractivity contribution in [1.29, 1.82) is 0 Å². The predicted octanol–water partition coefficient (Wildman–Crippen LogP) is 3.81. The SMILES string of the molecule is CCOc1ccc(OCC)c(NC(=O)CN2CCN(c3ccc(F)cc3)CC2)c1.Cl. The molecule has 30 heavy (non-hydrogen) atoms. The van der Waals surface area contributed by atoms with E-state index < -0.39 is 0 Å². The second kappa shape index (κ2) is 11.6. The topological polar surface area (TPSA) is 54.0 Å². The molecule has 1 N–H and O–H groups in total. The number of carbonyl (C=O) groups is 1. The average molecular weight is 438 g/mol. The van der Waals surface area contributed by atoms with Crippen LogP contribution in [0.15, 0.2) is 42.5 Å². The number of benzene rings is 2. The van der Waals surface area contributed by atoms with Crippen LogP contribution in [0.4, 0.5) is 15.8 Å². The number of nitrogens with one attached hydrogen (secondary N) is 1. The molecule has 6 nitrogen and oxygen atoms in total. The van der Waals surface area contributed by atoms with E-state index in [-0.39, 0.29) is 24.1 Å². The Bertz CT molecular complexity index is 812. The summed E-state index contributed by atoms with van der Waals surface area (Å²) in [6, 6.07) is 12.0. The Morgan fingerprint density at radius 2 is 1.67 bits per heavy atom. The minimum atomic E-state index is -0.233. The summed E-state index contributed by atoms with van der Waals surface area (Å²) < 4.78 is 24.2. The second-order valence-corrected chi connectivity index (χ2v) is 6.81. The van der Waals surface area contributed by atoms with Crippen LogP contribution in [-0.2, 0) is 4.79 Å². The van der Waals surface area contributed by atoms with E-state index in [2.05, 4.69) is 15.1 Å². The lowest BCUT2D eigenvalue weighted by Gasteiger charge is -2.35. The highest BCUT2D eigenvalue weighted by Gasteiger charge is 2.20. The summed E-state index contributed by atoms with van der Waals surface area (Å²) in [7, 11) is 0. The maximum absolute atomic E-state index is 13.1. The summed E-state index contributed by atoms with van der Waals surface area (Å²) in [5, 5.41) is 2.95. The smallest absolute Gasteiger partial charge is 0.238 e. The Morgan fingerprint density at radius 1 is 1.00 bits per heavy atom. The molecule has 0 aromatic heterocycles. The van der Waals surface area contributed by atoms with Crippen LogP contribution < -0.4 is 19.7 Å². The maximum Gasteiger partial charge on any atom is 0.238 e. The van der Waals surface area contributed by atoms with Gasteiger partial charge in [-0.2, -0.15) is 0 Å². The van der Waals surface area contributed by atoms with Crippen molar-refractivity contribution in [3.63, 3.8) is 0 Å². The van der Waals surface area contributed by atoms with E-state index in [1.807, 2.05) is 26.0 Å². The van der Waals surface area contributed by atoms with E-state index >= 15 is 0 Å². The summed E-state index contributed by atoms with van der Waals surface area (Å²) in [5.41, 5.74) is 1.62. The molecule has 1 aliphatic heterocycles. The molecular formula is C22H29ClFN3O3. The number of hydrogen-bond donors (Lipinski definition) is 1. The number of hydrogen-bond acceptors (Lipinski definition) is 5. The van der Waals surface area contributed by atoms with Gasteiger partial charge in [-0.1, -0.05) is 0 Å². The van der Waals surface area contributed by atoms with Crippen molar-refractivity contribution in [2.24, 2.45) is 0 Å². The third kappa shape index (κ3) is 6.50. The molecule has 0 bridgehead atoms. The first kappa shape index (κ1) is 23.8. The number of ether oxygens (including phenoxy) is 2. The van der Waals surface area contributed by atoms with Crippen molar-refractivity contribution in [1.82, 2.24) is 4.90 Å². The largest absolute Gasteiger partial charge is 0.494 e. The molecule has 164 valence electrons. The van der Waals surface area contributed by atoms with Crippen LogP contribution in [0.2, 0.25) is 0 Å². The van der Waals surface area contributed by atoms with Crippen molar-refractivity contribution in [2.45, 2.75) is 13.8 Å². The molecular weight excluding hydrogens is 409 g/mol. The van der Waals surface area contributed by atoms with Gasteiger partial charge in [0.2, 0.25) is 5.91 Å². The molecule has 1 amide bonds. The summed E-state index contributed by atoms with van der Waals surface area (Å²) in [5.74, 6) is 1.00. The Hall–Kier alpha value is -2.51. The van der Waals surface area contributed by atoms with Gasteiger partial charge in [0.25, 0.3) is 0 Å². The maximum atomic E-state index is 13.1. The third-order valence-corrected chi connectivity index (χ3v) is 4.77. The summed E-state index contributed by atoms with van der Waals surface area (Å²) in [6.07, 6.45) is 0. The molecule has 8 heteroatoms. The standard InChI is InChI=1S/C22H28FN3O3.ClH/c1-3-28-19-9-10-21(29-4-2)20(15-19)24-22(27)16-25-11-13-26(14-12-25)18-7-5-17(23)6-8-18;/h5-10,15H,3-4,11-14,16H2,1-2H3,(H,24,27);1H. The second-order valence-electron chi connectivity index (χ2n) is 6.81. The van der Waals surface area contributed by atoms with Crippen LogP contribution in [0.5, 0.6) is 11.5 Å². The highest BCUT2D eigenvalue weighted by atomic mass is 35.5. The van der Waals surface area contributed by atoms with E-state index in [4.69, 9.17) is 9.47 Å². The Labute approximate surface area is 183 Å². The number of halogens is 2. The lowest BCUT2D eigenvalue weighted by molar-refractivity contribution is -0.117. The first-order valence-electron chi connectivity index (χ1n) is 10.0. The minimum absolute atomic E-state index is 0. The molecule has 0 aliphatic carbocycles. The van der Waals surface area contributed by atoms with Crippen LogP contribution in [0.25, 0.3) is 0 Å². The number of amides is 1. The van der Waals surface area contributed by atoms with Crippen molar-refractivity contribution in [3.05, 3.63) is 48.3 Å². The minimum Gasteiger partial charge on any atom is -0.494 e. The summed E-state index contributed by atoms with van der Waals surface area (Å²) in [6.45, 7) is 8.32. The van der Waals surface area contributed by atoms with E-state index in [0.29, 0.717) is 36.9 Å². The predicted molar refractivity (Wildman–Crippen MR) is 120 cm³/mol. The van der Waals surface area contributed by atoms with Crippen LogP contribution in [0, 0.1) is 5.82 Å². The van der Waals surface area contributed by atoms with Crippen LogP contribution in [0.3, 0.4) is 0 Å². The van der Waals surface area contributed by atoms with Crippen molar-refractivity contribution >= 4 is 29.7 Å². The first-order chi connectivity index (χ1) is 14.1. The molecule has 3 rings (SSSR count). The molecule has 0 radical (unpaired) electrons. The fourth-order valence-electron chi connectivity index (χ4n) is 3.35. The average Bonchev–Trinajstić information content (AvgIpc) is 2.71. The normalized spacial score (nSPS) is 14.0. The number of piperazine rings is 1. The van der Waals surface area contributed by atoms with E-state index in [1.54, 1.807) is 18.2 Å². The van der Waals surface area contributed by atoms with Crippen molar-refractivity contribution in [2.75, 3.05) is 56.2 Å². The zero-order valence-corrected chi connectivity index (χ0v) is 18.2. The third-order valence-electron chi connectivity index (χ3n) is 4.77. The van der Waals surface area contributed by atoms with E-state index in [0.717, 1.165) is 31.9 Å². The Morgan fingerprint density at radius 3 is 2.30 bits per heavy atom. The Kier molecular flexibility index (Phi) is 9.20. The zero-order chi connectivity index (χ0) is 20.6. The van der Waals surface area contributed by atoms with Gasteiger partial charge in [-0.15, -0.1) is 12.4 Å². The van der Waals surface area contributed by atoms with E-state index in [1.165, 1.54) is 12.1 Å². The molecule has 2 aromatic carbocycles. The fourth-order valence-corrected chi connectivity index (χ4v) is 3.35. The van der Waals surface area contributed by atoms with Gasteiger partial charge >= 0.3 is 0 Å². The summed E-state index contributed by atoms with van der Waals surface area (Å²) >= 11 is 0. The van der Waals surface area contributed by atoms with Gasteiger partial charge in [0.05, 0.1) is 25.4 Å². The van der Waals surface area contributed by atoms with Crippen molar-refractivity contribution in [3.8, 4) is 11.5 Å². The molecule has 2 aromatic rings. The van der Waals surface area contributed by atoms with Gasteiger partial charge in [0.1, 0.15) is 17.3 Å². The van der Waals surface area contributed by atoms with Gasteiger partial charge in [-0.25, -0.2) is 4.39 Å². The van der Waals surface area contributed by atoms with Crippen molar-refractivity contribution < 1.29 is 18.7 Å². The Balaban J connectivity index is 0.00000320. The summed E-state index contributed by atoms with van der Waals surface area (Å²) in [4.78, 5) is 16.9. The molecule has 1 aliphatic rings. The van der Waals surface area contributed by atoms with Crippen LogP contribution in [0.1, 0.15) is 13.8 Å². The number of carbonyl (C=O) groups excluding carboxylic acids is 1. The van der Waals surface area contributed by atoms with E-state index in [9.17, 15) is 9.18 Å². The molecule has 0 atom stereocenters. The number of anilines is 2. The highest BCUT2D eigenvalue weighted by molar-refractivity contribution is 5.94.